The van der Waals surface area contributed by atoms with Gasteiger partial charge >= 0.3 is 18.3 Å². The van der Waals surface area contributed by atoms with Crippen LogP contribution >= 0.6 is 0 Å². The van der Waals surface area contributed by atoms with Crippen molar-refractivity contribution in [2.45, 2.75) is 24.7 Å². The van der Waals surface area contributed by atoms with Crippen LogP contribution in [0.25, 0.3) is 10.9 Å². The van der Waals surface area contributed by atoms with E-state index in [-0.39, 0.29) is 10.9 Å². The molecule has 0 aliphatic carbocycles. The highest BCUT2D eigenvalue weighted by atomic mass is 19.4. The number of nitrogens with one attached hydrogen (secondary N) is 1. The number of fused-ring (bicyclic) bond motifs is 1. The lowest BCUT2D eigenvalue weighted by molar-refractivity contribution is -0.191. The van der Waals surface area contributed by atoms with Crippen LogP contribution in [0.1, 0.15) is 17.9 Å². The summed E-state index contributed by atoms with van der Waals surface area (Å²) >= 11 is 0. The minimum absolute atomic E-state index is 0.211. The highest BCUT2D eigenvalue weighted by Gasteiger charge is 2.44. The number of carbonyl (C=O) groups is 1. The second-order valence-electron chi connectivity index (χ2n) is 4.86. The first-order valence-electron chi connectivity index (χ1n) is 6.43. The molecule has 0 bridgehead atoms. The fourth-order valence-corrected chi connectivity index (χ4v) is 2.17. The molecule has 0 fully saturated rings. The topological polar surface area (TPSA) is 42.1 Å². The molecule has 0 saturated carbocycles. The molecule has 0 aliphatic rings. The minimum Gasteiger partial charge on any atom is -0.456 e. The summed E-state index contributed by atoms with van der Waals surface area (Å²) in [5.41, 5.74) is 0.220. The van der Waals surface area contributed by atoms with Crippen LogP contribution in [0.2, 0.25) is 0 Å². The summed E-state index contributed by atoms with van der Waals surface area (Å²) in [4.78, 5) is 14.0. The van der Waals surface area contributed by atoms with Gasteiger partial charge < -0.3 is 9.72 Å². The first-order chi connectivity index (χ1) is 10.6. The standard InChI is InChI=1S/C14H11F6NO2/c15-13(16,17)7-23-12(22)5-10(14(18,19)20)9-6-21-11-4-2-1-3-8(9)11/h1-4,6,10,21H,5,7H2/t10-/m0/s1. The van der Waals surface area contributed by atoms with E-state index in [1.54, 1.807) is 12.1 Å². The number of rotatable bonds is 4. The van der Waals surface area contributed by atoms with E-state index in [0.29, 0.717) is 5.52 Å². The maximum Gasteiger partial charge on any atom is 0.422 e. The van der Waals surface area contributed by atoms with E-state index < -0.39 is 37.3 Å². The number of hydrogen-bond donors (Lipinski definition) is 1. The van der Waals surface area contributed by atoms with E-state index in [1.807, 2.05) is 0 Å². The third-order valence-electron chi connectivity index (χ3n) is 3.16. The van der Waals surface area contributed by atoms with E-state index in [0.717, 1.165) is 6.20 Å². The fraction of sp³-hybridized carbons (Fsp3) is 0.357. The molecule has 1 heterocycles. The predicted octanol–water partition coefficient (Wildman–Crippen LogP) is 4.31. The molecule has 0 spiro atoms. The third-order valence-corrected chi connectivity index (χ3v) is 3.16. The maximum absolute atomic E-state index is 13.2. The molecule has 1 aromatic carbocycles. The zero-order valence-electron chi connectivity index (χ0n) is 11.5. The van der Waals surface area contributed by atoms with Gasteiger partial charge in [0, 0.05) is 17.1 Å². The van der Waals surface area contributed by atoms with Crippen molar-refractivity contribution in [1.82, 2.24) is 4.98 Å². The van der Waals surface area contributed by atoms with Crippen molar-refractivity contribution >= 4 is 16.9 Å². The number of aromatic nitrogens is 1. The predicted molar refractivity (Wildman–Crippen MR) is 68.7 cm³/mol. The average molecular weight is 339 g/mol. The van der Waals surface area contributed by atoms with Crippen LogP contribution in [-0.4, -0.2) is 29.9 Å². The third kappa shape index (κ3) is 4.40. The Kier molecular flexibility index (Phi) is 4.58. The normalized spacial score (nSPS) is 14.0. The van der Waals surface area contributed by atoms with Crippen LogP contribution in [0.5, 0.6) is 0 Å². The van der Waals surface area contributed by atoms with Gasteiger partial charge in [0.05, 0.1) is 12.3 Å². The molecule has 0 aliphatic heterocycles. The molecule has 126 valence electrons. The van der Waals surface area contributed by atoms with Gasteiger partial charge in [-0.15, -0.1) is 0 Å². The van der Waals surface area contributed by atoms with Gasteiger partial charge in [0.1, 0.15) is 0 Å². The first kappa shape index (κ1) is 17.2. The van der Waals surface area contributed by atoms with Gasteiger partial charge in [0.2, 0.25) is 0 Å². The first-order valence-corrected chi connectivity index (χ1v) is 6.43. The van der Waals surface area contributed by atoms with Crippen LogP contribution in [0.4, 0.5) is 26.3 Å². The van der Waals surface area contributed by atoms with E-state index in [2.05, 4.69) is 9.72 Å². The maximum atomic E-state index is 13.2. The lowest BCUT2D eigenvalue weighted by atomic mass is 9.94. The molecule has 1 atom stereocenters. The molecule has 1 N–H and O–H groups in total. The monoisotopic (exact) mass is 339 g/mol. The summed E-state index contributed by atoms with van der Waals surface area (Å²) in [6, 6.07) is 6.12. The highest BCUT2D eigenvalue weighted by Crippen LogP contribution is 2.40. The summed E-state index contributed by atoms with van der Waals surface area (Å²) in [6.45, 7) is -1.91. The SMILES string of the molecule is O=C(C[C@@H](c1c[nH]c2ccccc12)C(F)(F)F)OCC(F)(F)F. The largest absolute Gasteiger partial charge is 0.456 e. The van der Waals surface area contributed by atoms with Crippen LogP contribution < -0.4 is 0 Å². The number of carbonyl (C=O) groups excluding carboxylic acids is 1. The number of ether oxygens (including phenoxy) is 1. The number of para-hydroxylation sites is 1. The van der Waals surface area contributed by atoms with Crippen LogP contribution in [-0.2, 0) is 9.53 Å². The fourth-order valence-electron chi connectivity index (χ4n) is 2.17. The van der Waals surface area contributed by atoms with Crippen LogP contribution in [0.15, 0.2) is 30.5 Å². The van der Waals surface area contributed by atoms with Crippen molar-refractivity contribution in [1.29, 1.82) is 0 Å². The zero-order valence-corrected chi connectivity index (χ0v) is 11.5. The van der Waals surface area contributed by atoms with Crippen molar-refractivity contribution in [3.63, 3.8) is 0 Å². The molecule has 2 aromatic rings. The Labute approximate surface area is 126 Å². The summed E-state index contributed by atoms with van der Waals surface area (Å²) in [7, 11) is 0. The Morgan fingerprint density at radius 3 is 2.39 bits per heavy atom. The lowest BCUT2D eigenvalue weighted by Crippen LogP contribution is -2.26. The molecule has 2 rings (SSSR count). The molecular weight excluding hydrogens is 328 g/mol. The van der Waals surface area contributed by atoms with Gasteiger partial charge in [-0.3, -0.25) is 4.79 Å². The summed E-state index contributed by atoms with van der Waals surface area (Å²) in [6.07, 6.45) is -9.71. The number of aromatic amines is 1. The minimum atomic E-state index is -4.80. The second-order valence-corrected chi connectivity index (χ2v) is 4.86. The Bertz CT molecular complexity index is 688. The number of alkyl halides is 6. The van der Waals surface area contributed by atoms with Gasteiger partial charge in [0.15, 0.2) is 6.61 Å². The molecule has 23 heavy (non-hydrogen) atoms. The smallest absolute Gasteiger partial charge is 0.422 e. The summed E-state index contributed by atoms with van der Waals surface area (Å²) in [5, 5.41) is 0.249. The Balaban J connectivity index is 2.23. The number of hydrogen-bond acceptors (Lipinski definition) is 2. The van der Waals surface area contributed by atoms with E-state index in [1.165, 1.54) is 12.1 Å². The quantitative estimate of drug-likeness (QED) is 0.666. The molecule has 1 aromatic heterocycles. The molecule has 0 unspecified atom stereocenters. The van der Waals surface area contributed by atoms with E-state index in [9.17, 15) is 31.1 Å². The van der Waals surface area contributed by atoms with Crippen molar-refractivity contribution in [2.24, 2.45) is 0 Å². The van der Waals surface area contributed by atoms with Gasteiger partial charge in [-0.25, -0.2) is 0 Å². The summed E-state index contributed by atoms with van der Waals surface area (Å²) in [5.74, 6) is -3.81. The van der Waals surface area contributed by atoms with Crippen LogP contribution in [0, 0.1) is 0 Å². The van der Waals surface area contributed by atoms with Gasteiger partial charge in [-0.2, -0.15) is 26.3 Å². The second kappa shape index (κ2) is 6.13. The molecular formula is C14H11F6NO2. The molecule has 0 saturated heterocycles. The summed E-state index contributed by atoms with van der Waals surface area (Å²) < 4.78 is 79.4. The van der Waals surface area contributed by atoms with Gasteiger partial charge in [0.25, 0.3) is 0 Å². The van der Waals surface area contributed by atoms with Crippen molar-refractivity contribution in [3.8, 4) is 0 Å². The Hall–Kier alpha value is -2.19. The average Bonchev–Trinajstić information content (AvgIpc) is 2.84. The lowest BCUT2D eigenvalue weighted by Gasteiger charge is -2.19. The van der Waals surface area contributed by atoms with E-state index >= 15 is 0 Å². The Morgan fingerprint density at radius 2 is 1.78 bits per heavy atom. The van der Waals surface area contributed by atoms with Crippen molar-refractivity contribution in [2.75, 3.05) is 6.61 Å². The Morgan fingerprint density at radius 1 is 1.13 bits per heavy atom. The number of H-pyrrole nitrogens is 1. The van der Waals surface area contributed by atoms with Crippen LogP contribution in [0.3, 0.4) is 0 Å². The molecule has 0 radical (unpaired) electrons. The molecule has 0 amide bonds. The van der Waals surface area contributed by atoms with Gasteiger partial charge in [-0.05, 0) is 11.6 Å². The number of esters is 1. The molecule has 9 heteroatoms. The number of benzene rings is 1. The zero-order chi connectivity index (χ0) is 17.3. The highest BCUT2D eigenvalue weighted by molar-refractivity contribution is 5.84. The molecule has 3 nitrogen and oxygen atoms in total. The number of halogens is 6. The van der Waals surface area contributed by atoms with Gasteiger partial charge in [-0.1, -0.05) is 18.2 Å². The van der Waals surface area contributed by atoms with Crippen molar-refractivity contribution < 1.29 is 35.9 Å². The van der Waals surface area contributed by atoms with E-state index in [4.69, 9.17) is 0 Å². The van der Waals surface area contributed by atoms with Crippen molar-refractivity contribution in [3.05, 3.63) is 36.0 Å².